The van der Waals surface area contributed by atoms with Crippen molar-refractivity contribution in [2.45, 2.75) is 13.0 Å². The number of aromatic nitrogens is 2. The van der Waals surface area contributed by atoms with E-state index in [1.165, 1.54) is 10.7 Å². The molecular weight excluding hydrogens is 212 g/mol. The lowest BCUT2D eigenvalue weighted by Gasteiger charge is -2.02. The molecule has 16 heavy (non-hydrogen) atoms. The normalized spacial score (nSPS) is 10.6. The Labute approximate surface area is 93.5 Å². The third-order valence-electron chi connectivity index (χ3n) is 2.16. The smallest absolute Gasteiger partial charge is 0.385 e. The van der Waals surface area contributed by atoms with E-state index in [1.807, 2.05) is 0 Å². The molecule has 1 heterocycles. The zero-order valence-corrected chi connectivity index (χ0v) is 9.47. The van der Waals surface area contributed by atoms with Crippen LogP contribution in [0.1, 0.15) is 12.1 Å². The van der Waals surface area contributed by atoms with Crippen LogP contribution in [0.4, 0.5) is 5.82 Å². The lowest BCUT2D eigenvalue weighted by Crippen LogP contribution is -2.18. The first kappa shape index (κ1) is 12.6. The second-order valence-electron chi connectivity index (χ2n) is 3.40. The molecule has 1 N–H and O–H groups in total. The minimum atomic E-state index is -0.492. The number of hydrogen-bond acceptors (Lipinski definition) is 5. The number of methoxy groups -OCH3 is 1. The quantitative estimate of drug-likeness (QED) is 0.416. The van der Waals surface area contributed by atoms with Gasteiger partial charge in [0, 0.05) is 20.3 Å². The lowest BCUT2D eigenvalue weighted by atomic mass is 10.4. The van der Waals surface area contributed by atoms with Crippen molar-refractivity contribution >= 4 is 5.82 Å². The van der Waals surface area contributed by atoms with Gasteiger partial charge in [0.15, 0.2) is 0 Å². The summed E-state index contributed by atoms with van der Waals surface area (Å²) in [6, 6.07) is 1.48. The highest BCUT2D eigenvalue weighted by molar-refractivity contribution is 5.21. The zero-order valence-electron chi connectivity index (χ0n) is 9.47. The van der Waals surface area contributed by atoms with E-state index in [4.69, 9.17) is 4.74 Å². The van der Waals surface area contributed by atoms with Crippen molar-refractivity contribution in [3.8, 4) is 0 Å². The maximum atomic E-state index is 10.5. The zero-order chi connectivity index (χ0) is 12.0. The predicted octanol–water partition coefficient (Wildman–Crippen LogP) is 0.454. The van der Waals surface area contributed by atoms with E-state index in [2.05, 4.69) is 10.4 Å². The Bertz CT molecular complexity index is 351. The molecule has 0 aromatic carbocycles. The first-order valence-corrected chi connectivity index (χ1v) is 5.02. The van der Waals surface area contributed by atoms with Gasteiger partial charge in [-0.1, -0.05) is 0 Å². The molecule has 1 rings (SSSR count). The van der Waals surface area contributed by atoms with Gasteiger partial charge >= 0.3 is 5.82 Å². The summed E-state index contributed by atoms with van der Waals surface area (Å²) in [5.74, 6) is -0.115. The maximum absolute atomic E-state index is 10.5. The van der Waals surface area contributed by atoms with Crippen molar-refractivity contribution in [3.63, 3.8) is 0 Å². The molecule has 0 saturated heterocycles. The van der Waals surface area contributed by atoms with Crippen molar-refractivity contribution in [1.29, 1.82) is 0 Å². The van der Waals surface area contributed by atoms with Gasteiger partial charge in [-0.3, -0.25) is 0 Å². The van der Waals surface area contributed by atoms with Crippen LogP contribution in [0.3, 0.4) is 0 Å². The largest absolute Gasteiger partial charge is 0.390 e. The second kappa shape index (κ2) is 6.19. The van der Waals surface area contributed by atoms with Crippen molar-refractivity contribution in [2.75, 3.05) is 20.3 Å². The number of nitro groups is 1. The Hall–Kier alpha value is -1.47. The summed E-state index contributed by atoms with van der Waals surface area (Å²) in [7, 11) is 3.35. The van der Waals surface area contributed by atoms with Crippen molar-refractivity contribution < 1.29 is 9.66 Å². The van der Waals surface area contributed by atoms with Crippen LogP contribution in [0, 0.1) is 10.1 Å². The van der Waals surface area contributed by atoms with Crippen LogP contribution in [-0.2, 0) is 18.3 Å². The van der Waals surface area contributed by atoms with E-state index in [9.17, 15) is 10.1 Å². The molecule has 0 spiro atoms. The van der Waals surface area contributed by atoms with Crippen LogP contribution in [0.15, 0.2) is 6.07 Å². The van der Waals surface area contributed by atoms with Crippen molar-refractivity contribution in [3.05, 3.63) is 21.9 Å². The highest BCUT2D eigenvalue weighted by atomic mass is 16.6. The highest BCUT2D eigenvalue weighted by Crippen LogP contribution is 2.10. The van der Waals surface area contributed by atoms with Crippen LogP contribution in [0.5, 0.6) is 0 Å². The number of aryl methyl sites for hydroxylation is 1. The standard InChI is InChI=1S/C9H16N4O3/c1-12-8(6-9(11-12)13(14)15)7-10-4-3-5-16-2/h6,10H,3-5,7H2,1-2H3. The summed E-state index contributed by atoms with van der Waals surface area (Å²) < 4.78 is 6.42. The molecule has 0 saturated carbocycles. The molecule has 1 aromatic rings. The topological polar surface area (TPSA) is 82.2 Å². The first-order chi connectivity index (χ1) is 7.65. The predicted molar refractivity (Wildman–Crippen MR) is 58.1 cm³/mol. The number of hydrogen-bond donors (Lipinski definition) is 1. The van der Waals surface area contributed by atoms with Gasteiger partial charge in [0.05, 0.1) is 23.9 Å². The molecule has 0 aliphatic heterocycles. The average Bonchev–Trinajstić information content (AvgIpc) is 2.60. The molecule has 0 atom stereocenters. The van der Waals surface area contributed by atoms with Gasteiger partial charge in [-0.05, 0) is 17.9 Å². The van der Waals surface area contributed by atoms with E-state index >= 15 is 0 Å². The third kappa shape index (κ3) is 3.59. The number of ether oxygens (including phenoxy) is 1. The van der Waals surface area contributed by atoms with E-state index in [0.29, 0.717) is 13.2 Å². The van der Waals surface area contributed by atoms with E-state index < -0.39 is 4.92 Å². The fraction of sp³-hybridized carbons (Fsp3) is 0.667. The summed E-state index contributed by atoms with van der Waals surface area (Å²) in [5.41, 5.74) is 0.795. The van der Waals surface area contributed by atoms with Gasteiger partial charge < -0.3 is 20.2 Å². The molecule has 0 fully saturated rings. The third-order valence-corrected chi connectivity index (χ3v) is 2.16. The van der Waals surface area contributed by atoms with Crippen LogP contribution >= 0.6 is 0 Å². The summed E-state index contributed by atoms with van der Waals surface area (Å²) in [6.07, 6.45) is 0.913. The molecule has 0 radical (unpaired) electrons. The van der Waals surface area contributed by atoms with Gasteiger partial charge in [-0.15, -0.1) is 0 Å². The Morgan fingerprint density at radius 1 is 1.69 bits per heavy atom. The monoisotopic (exact) mass is 228 g/mol. The fourth-order valence-corrected chi connectivity index (χ4v) is 1.30. The molecule has 0 unspecified atom stereocenters. The minimum Gasteiger partial charge on any atom is -0.385 e. The average molecular weight is 228 g/mol. The Morgan fingerprint density at radius 3 is 3.00 bits per heavy atom. The Kier molecular flexibility index (Phi) is 4.87. The summed E-state index contributed by atoms with van der Waals surface area (Å²) in [6.45, 7) is 2.09. The van der Waals surface area contributed by atoms with Gasteiger partial charge in [0.25, 0.3) is 0 Å². The van der Waals surface area contributed by atoms with Gasteiger partial charge in [0.1, 0.15) is 0 Å². The fourth-order valence-electron chi connectivity index (χ4n) is 1.30. The molecule has 7 heteroatoms. The van der Waals surface area contributed by atoms with Gasteiger partial charge in [-0.2, -0.15) is 4.68 Å². The maximum Gasteiger partial charge on any atom is 0.390 e. The van der Waals surface area contributed by atoms with E-state index in [-0.39, 0.29) is 5.82 Å². The number of nitrogens with zero attached hydrogens (tertiary/aromatic N) is 3. The molecule has 0 amide bonds. The van der Waals surface area contributed by atoms with Crippen LogP contribution in [0.25, 0.3) is 0 Å². The van der Waals surface area contributed by atoms with Crippen LogP contribution < -0.4 is 5.32 Å². The molecule has 0 aliphatic carbocycles. The molecule has 7 nitrogen and oxygen atoms in total. The number of nitrogens with one attached hydrogen (secondary N) is 1. The minimum absolute atomic E-state index is 0.115. The highest BCUT2D eigenvalue weighted by Gasteiger charge is 2.14. The summed E-state index contributed by atoms with van der Waals surface area (Å²) in [4.78, 5) is 9.98. The first-order valence-electron chi connectivity index (χ1n) is 5.02. The van der Waals surface area contributed by atoms with Gasteiger partial charge in [0.2, 0.25) is 0 Å². The SMILES string of the molecule is COCCCNCc1cc([N+](=O)[O-])nn1C. The summed E-state index contributed by atoms with van der Waals surface area (Å²) >= 11 is 0. The van der Waals surface area contributed by atoms with Crippen LogP contribution in [-0.4, -0.2) is 35.0 Å². The van der Waals surface area contributed by atoms with Crippen molar-refractivity contribution in [2.24, 2.45) is 7.05 Å². The lowest BCUT2D eigenvalue weighted by molar-refractivity contribution is -0.389. The molecule has 0 bridgehead atoms. The molecule has 0 aliphatic rings. The van der Waals surface area contributed by atoms with E-state index in [1.54, 1.807) is 14.2 Å². The number of rotatable bonds is 7. The van der Waals surface area contributed by atoms with E-state index in [0.717, 1.165) is 18.7 Å². The van der Waals surface area contributed by atoms with Crippen LogP contribution in [0.2, 0.25) is 0 Å². The molecule has 90 valence electrons. The second-order valence-corrected chi connectivity index (χ2v) is 3.40. The summed E-state index contributed by atoms with van der Waals surface area (Å²) in [5, 5.41) is 17.4. The Balaban J connectivity index is 2.39. The molecule has 1 aromatic heterocycles. The Morgan fingerprint density at radius 2 is 2.44 bits per heavy atom. The van der Waals surface area contributed by atoms with Crippen molar-refractivity contribution in [1.82, 2.24) is 15.1 Å². The molecular formula is C9H16N4O3. The van der Waals surface area contributed by atoms with Gasteiger partial charge in [-0.25, -0.2) is 0 Å².